The van der Waals surface area contributed by atoms with E-state index in [4.69, 9.17) is 4.74 Å². The van der Waals surface area contributed by atoms with Crippen molar-refractivity contribution in [2.75, 3.05) is 0 Å². The average molecular weight is 705 g/mol. The minimum absolute atomic E-state index is 0.242. The van der Waals surface area contributed by atoms with Gasteiger partial charge in [0.1, 0.15) is 11.5 Å². The maximum Gasteiger partial charge on any atom is 0.140 e. The predicted molar refractivity (Wildman–Crippen MR) is 195 cm³/mol. The van der Waals surface area contributed by atoms with E-state index in [-0.39, 0.29) is 5.41 Å². The van der Waals surface area contributed by atoms with Crippen LogP contribution in [-0.2, 0) is 5.41 Å². The standard InChI is InChI=1S/C39H31IOP2/c1-39(2)32-24-15-25-34(42(28-16-7-3-8-17-28)29-18-9-4-10-19-29)37(32)41-38-35(27-26-33(40)36(38)39)43(30-20-11-5-12-21-30)31-22-13-6-14-23-31/h3-27H,1-2H3. The molecule has 0 amide bonds. The Hall–Kier alpha value is -3.29. The van der Waals surface area contributed by atoms with Gasteiger partial charge in [0.2, 0.25) is 0 Å². The van der Waals surface area contributed by atoms with E-state index in [9.17, 15) is 0 Å². The number of rotatable bonds is 6. The van der Waals surface area contributed by atoms with E-state index in [1.807, 2.05) is 0 Å². The van der Waals surface area contributed by atoms with E-state index in [0.29, 0.717) is 0 Å². The van der Waals surface area contributed by atoms with Gasteiger partial charge in [-0.2, -0.15) is 0 Å². The average Bonchev–Trinajstić information content (AvgIpc) is 3.05. The van der Waals surface area contributed by atoms with Crippen molar-refractivity contribution in [3.8, 4) is 11.5 Å². The zero-order valence-electron chi connectivity index (χ0n) is 24.1. The molecular formula is C39H31IOP2. The van der Waals surface area contributed by atoms with Gasteiger partial charge in [-0.25, -0.2) is 0 Å². The van der Waals surface area contributed by atoms with Gasteiger partial charge in [-0.15, -0.1) is 0 Å². The van der Waals surface area contributed by atoms with Crippen LogP contribution in [0.5, 0.6) is 11.5 Å². The van der Waals surface area contributed by atoms with Crippen molar-refractivity contribution in [1.29, 1.82) is 0 Å². The third-order valence-electron chi connectivity index (χ3n) is 8.12. The van der Waals surface area contributed by atoms with Gasteiger partial charge < -0.3 is 4.74 Å². The van der Waals surface area contributed by atoms with Crippen LogP contribution in [0, 0.1) is 3.57 Å². The van der Waals surface area contributed by atoms with Gasteiger partial charge in [-0.05, 0) is 71.8 Å². The van der Waals surface area contributed by atoms with Crippen molar-refractivity contribution >= 4 is 70.3 Å². The monoisotopic (exact) mass is 704 g/mol. The highest BCUT2D eigenvalue weighted by Crippen LogP contribution is 2.53. The third-order valence-corrected chi connectivity index (χ3v) is 13.9. The molecule has 0 spiro atoms. The molecule has 1 nitrogen and oxygen atoms in total. The second-order valence-corrected chi connectivity index (χ2v) is 16.7. The maximum atomic E-state index is 7.33. The lowest BCUT2D eigenvalue weighted by Gasteiger charge is -2.39. The molecule has 6 aromatic carbocycles. The van der Waals surface area contributed by atoms with Gasteiger partial charge in [0, 0.05) is 30.7 Å². The molecule has 0 bridgehead atoms. The van der Waals surface area contributed by atoms with Crippen molar-refractivity contribution in [3.05, 3.63) is 166 Å². The lowest BCUT2D eigenvalue weighted by molar-refractivity contribution is 0.423. The number of benzene rings is 6. The first-order chi connectivity index (χ1) is 21.0. The molecule has 0 unspecified atom stereocenters. The van der Waals surface area contributed by atoms with Crippen LogP contribution in [0.25, 0.3) is 0 Å². The minimum atomic E-state index is -0.839. The van der Waals surface area contributed by atoms with E-state index in [0.717, 1.165) is 11.5 Å². The molecule has 0 atom stereocenters. The molecular weight excluding hydrogens is 673 g/mol. The summed E-state index contributed by atoms with van der Waals surface area (Å²) in [5.74, 6) is 2.03. The van der Waals surface area contributed by atoms with Crippen LogP contribution in [0.2, 0.25) is 0 Å². The third kappa shape index (κ3) is 5.25. The topological polar surface area (TPSA) is 9.23 Å². The second kappa shape index (κ2) is 12.0. The van der Waals surface area contributed by atoms with Crippen LogP contribution < -0.4 is 36.6 Å². The van der Waals surface area contributed by atoms with E-state index >= 15 is 0 Å². The first kappa shape index (κ1) is 28.5. The fraction of sp³-hybridized carbons (Fsp3) is 0.0769. The first-order valence-corrected chi connectivity index (χ1v) is 18.2. The zero-order valence-corrected chi connectivity index (χ0v) is 28.1. The molecule has 4 heteroatoms. The summed E-state index contributed by atoms with van der Waals surface area (Å²) in [6.07, 6.45) is 0. The van der Waals surface area contributed by atoms with E-state index in [1.54, 1.807) is 0 Å². The lowest BCUT2D eigenvalue weighted by Crippen LogP contribution is -2.33. The quantitative estimate of drug-likeness (QED) is 0.126. The van der Waals surface area contributed by atoms with Gasteiger partial charge >= 0.3 is 0 Å². The van der Waals surface area contributed by atoms with E-state index < -0.39 is 15.8 Å². The van der Waals surface area contributed by atoms with Crippen molar-refractivity contribution in [3.63, 3.8) is 0 Å². The predicted octanol–water partition coefficient (Wildman–Crippen LogP) is 8.24. The summed E-state index contributed by atoms with van der Waals surface area (Å²) >= 11 is 2.51. The second-order valence-electron chi connectivity index (χ2n) is 11.2. The van der Waals surface area contributed by atoms with E-state index in [1.165, 1.54) is 46.5 Å². The number of halogens is 1. The molecule has 0 radical (unpaired) electrons. The largest absolute Gasteiger partial charge is 0.455 e. The maximum absolute atomic E-state index is 7.33. The summed E-state index contributed by atoms with van der Waals surface area (Å²) in [5, 5.41) is 7.81. The normalized spacial score (nSPS) is 13.3. The Morgan fingerprint density at radius 3 is 1.33 bits per heavy atom. The molecule has 0 aliphatic carbocycles. The molecule has 0 aromatic heterocycles. The van der Waals surface area contributed by atoms with Crippen LogP contribution in [0.3, 0.4) is 0 Å². The summed E-state index contributed by atoms with van der Waals surface area (Å²) < 4.78 is 8.57. The Morgan fingerprint density at radius 1 is 0.465 bits per heavy atom. The summed E-state index contributed by atoms with van der Waals surface area (Å²) in [4.78, 5) is 0. The van der Waals surface area contributed by atoms with Crippen molar-refractivity contribution in [2.24, 2.45) is 0 Å². The van der Waals surface area contributed by atoms with Crippen LogP contribution >= 0.6 is 38.4 Å². The van der Waals surface area contributed by atoms with Gasteiger partial charge in [-0.1, -0.05) is 153 Å². The highest BCUT2D eigenvalue weighted by atomic mass is 127. The molecule has 6 aromatic rings. The molecule has 0 saturated heterocycles. The van der Waals surface area contributed by atoms with Crippen LogP contribution in [0.1, 0.15) is 25.0 Å². The number of hydrogen-bond acceptors (Lipinski definition) is 1. The minimum Gasteiger partial charge on any atom is -0.455 e. The van der Waals surface area contributed by atoms with Crippen molar-refractivity contribution in [2.45, 2.75) is 19.3 Å². The summed E-state index contributed by atoms with van der Waals surface area (Å²) in [6.45, 7) is 4.73. The van der Waals surface area contributed by atoms with Gasteiger partial charge in [0.15, 0.2) is 0 Å². The molecule has 1 aliphatic rings. The van der Waals surface area contributed by atoms with Crippen molar-refractivity contribution in [1.82, 2.24) is 0 Å². The molecule has 1 aliphatic heterocycles. The number of para-hydroxylation sites is 1. The first-order valence-electron chi connectivity index (χ1n) is 14.5. The Balaban J connectivity index is 1.47. The lowest BCUT2D eigenvalue weighted by atomic mass is 9.76. The number of fused-ring (bicyclic) bond motifs is 2. The van der Waals surface area contributed by atoms with E-state index in [2.05, 4.69) is 188 Å². The molecule has 43 heavy (non-hydrogen) atoms. The zero-order chi connectivity index (χ0) is 29.4. The molecule has 0 fully saturated rings. The fourth-order valence-electron chi connectivity index (χ4n) is 6.11. The van der Waals surface area contributed by atoms with Crippen LogP contribution in [0.15, 0.2) is 152 Å². The van der Waals surface area contributed by atoms with Gasteiger partial charge in [0.25, 0.3) is 0 Å². The Kier molecular flexibility index (Phi) is 7.95. The van der Waals surface area contributed by atoms with Crippen LogP contribution in [-0.4, -0.2) is 0 Å². The van der Waals surface area contributed by atoms with Gasteiger partial charge in [0.05, 0.1) is 0 Å². The highest BCUT2D eigenvalue weighted by Gasteiger charge is 2.40. The smallest absolute Gasteiger partial charge is 0.140 e. The van der Waals surface area contributed by atoms with Crippen LogP contribution in [0.4, 0.5) is 0 Å². The van der Waals surface area contributed by atoms with Crippen molar-refractivity contribution < 1.29 is 4.74 Å². The fourth-order valence-corrected chi connectivity index (χ4v) is 12.0. The summed E-state index contributed by atoms with van der Waals surface area (Å²) in [7, 11) is -1.67. The molecule has 1 heterocycles. The Morgan fingerprint density at radius 2 is 0.884 bits per heavy atom. The number of hydrogen-bond donors (Lipinski definition) is 0. The molecule has 0 N–H and O–H groups in total. The molecule has 210 valence electrons. The summed E-state index contributed by atoms with van der Waals surface area (Å²) in [6, 6.07) is 55.1. The molecule has 7 rings (SSSR count). The molecule has 0 saturated carbocycles. The number of ether oxygens (including phenoxy) is 1. The van der Waals surface area contributed by atoms with Gasteiger partial charge in [-0.3, -0.25) is 0 Å². The Bertz CT molecular complexity index is 1800. The summed E-state index contributed by atoms with van der Waals surface area (Å²) in [5.41, 5.74) is 2.28. The SMILES string of the molecule is CC1(C)c2cccc(P(c3ccccc3)c3ccccc3)c2Oc2c(P(c3ccccc3)c3ccccc3)ccc(I)c21. The Labute approximate surface area is 270 Å². The highest BCUT2D eigenvalue weighted by molar-refractivity contribution is 14.1.